The van der Waals surface area contributed by atoms with Gasteiger partial charge in [0.2, 0.25) is 0 Å². The number of halogens is 2. The molecule has 0 aliphatic carbocycles. The number of hydrogen-bond acceptors (Lipinski definition) is 4. The fourth-order valence-electron chi connectivity index (χ4n) is 2.43. The molecule has 0 spiro atoms. The Morgan fingerprint density at radius 2 is 1.83 bits per heavy atom. The van der Waals surface area contributed by atoms with Crippen molar-refractivity contribution in [2.45, 2.75) is 33.4 Å². The number of carbonyl (C=O) groups is 1. The highest BCUT2D eigenvalue weighted by molar-refractivity contribution is 9.10. The summed E-state index contributed by atoms with van der Waals surface area (Å²) in [6, 6.07) is 13.3. The Bertz CT molecular complexity index is 932. The molecule has 1 amide bonds. The van der Waals surface area contributed by atoms with Crippen molar-refractivity contribution in [1.29, 1.82) is 5.26 Å². The van der Waals surface area contributed by atoms with Crippen LogP contribution in [0.2, 0.25) is 0 Å². The van der Waals surface area contributed by atoms with E-state index in [9.17, 15) is 10.1 Å². The summed E-state index contributed by atoms with van der Waals surface area (Å²) in [5, 5.41) is 12.1. The summed E-state index contributed by atoms with van der Waals surface area (Å²) in [4.78, 5) is 12.2. The third-order valence-corrected chi connectivity index (χ3v) is 4.97. The van der Waals surface area contributed by atoms with E-state index in [-0.39, 0.29) is 11.6 Å². The third-order valence-electron chi connectivity index (χ3n) is 3.76. The normalized spacial score (nSPS) is 11.1. The molecule has 0 atom stereocenters. The molecular formula is C22H22Br2N2O3. The zero-order valence-corrected chi connectivity index (χ0v) is 19.6. The Morgan fingerprint density at radius 1 is 1.17 bits per heavy atom. The van der Waals surface area contributed by atoms with Crippen molar-refractivity contribution in [3.8, 4) is 17.6 Å². The highest BCUT2D eigenvalue weighted by Gasteiger charge is 2.14. The molecule has 0 fully saturated rings. The van der Waals surface area contributed by atoms with Crippen LogP contribution in [0, 0.1) is 11.3 Å². The predicted molar refractivity (Wildman–Crippen MR) is 121 cm³/mol. The number of carbonyl (C=O) groups excluding carboxylic acids is 1. The maximum absolute atomic E-state index is 12.2. The molecule has 2 aromatic rings. The van der Waals surface area contributed by atoms with Crippen molar-refractivity contribution in [1.82, 2.24) is 5.32 Å². The van der Waals surface area contributed by atoms with Crippen LogP contribution in [0.5, 0.6) is 11.5 Å². The van der Waals surface area contributed by atoms with Gasteiger partial charge in [-0.15, -0.1) is 0 Å². The molecular weight excluding hydrogens is 500 g/mol. The van der Waals surface area contributed by atoms with E-state index in [4.69, 9.17) is 9.47 Å². The zero-order valence-electron chi connectivity index (χ0n) is 16.5. The topological polar surface area (TPSA) is 71.3 Å². The molecule has 0 aromatic heterocycles. The van der Waals surface area contributed by atoms with Crippen molar-refractivity contribution >= 4 is 43.8 Å². The van der Waals surface area contributed by atoms with Crippen molar-refractivity contribution < 1.29 is 14.3 Å². The van der Waals surface area contributed by atoms with Gasteiger partial charge in [-0.25, -0.2) is 0 Å². The Hall–Kier alpha value is -2.30. The average Bonchev–Trinajstić information content (AvgIpc) is 2.67. The minimum atomic E-state index is -0.414. The number of nitrogens with zero attached hydrogens (tertiary/aromatic N) is 1. The lowest BCUT2D eigenvalue weighted by molar-refractivity contribution is -0.117. The van der Waals surface area contributed by atoms with Crippen LogP contribution in [-0.2, 0) is 11.4 Å². The van der Waals surface area contributed by atoms with Crippen LogP contribution < -0.4 is 14.8 Å². The summed E-state index contributed by atoms with van der Waals surface area (Å²) in [5.41, 5.74) is 1.69. The Morgan fingerprint density at radius 3 is 2.41 bits per heavy atom. The van der Waals surface area contributed by atoms with E-state index in [1.54, 1.807) is 12.1 Å². The van der Waals surface area contributed by atoms with E-state index >= 15 is 0 Å². The zero-order chi connectivity index (χ0) is 21.4. The van der Waals surface area contributed by atoms with Gasteiger partial charge in [0.05, 0.1) is 6.61 Å². The minimum Gasteiger partial charge on any atom is -0.490 e. The van der Waals surface area contributed by atoms with Crippen molar-refractivity contribution in [3.05, 3.63) is 62.0 Å². The number of hydrogen-bond donors (Lipinski definition) is 1. The van der Waals surface area contributed by atoms with Crippen LogP contribution >= 0.6 is 31.9 Å². The van der Waals surface area contributed by atoms with E-state index in [0.29, 0.717) is 34.7 Å². The summed E-state index contributed by atoms with van der Waals surface area (Å²) in [5.74, 6) is 0.701. The first-order chi connectivity index (χ1) is 13.8. The van der Waals surface area contributed by atoms with Crippen molar-refractivity contribution in [2.24, 2.45) is 0 Å². The summed E-state index contributed by atoms with van der Waals surface area (Å²) in [6.45, 7) is 6.40. The van der Waals surface area contributed by atoms with Crippen LogP contribution in [0.4, 0.5) is 0 Å². The van der Waals surface area contributed by atoms with Gasteiger partial charge in [-0.2, -0.15) is 5.26 Å². The minimum absolute atomic E-state index is 0.0189. The molecule has 5 nitrogen and oxygen atoms in total. The lowest BCUT2D eigenvalue weighted by atomic mass is 10.1. The number of amides is 1. The first-order valence-corrected chi connectivity index (χ1v) is 10.7. The van der Waals surface area contributed by atoms with Gasteiger partial charge in [-0.3, -0.25) is 4.79 Å². The van der Waals surface area contributed by atoms with Crippen LogP contribution in [0.1, 0.15) is 31.9 Å². The molecule has 0 aliphatic heterocycles. The highest BCUT2D eigenvalue weighted by atomic mass is 79.9. The molecule has 1 N–H and O–H groups in total. The molecule has 0 unspecified atom stereocenters. The smallest absolute Gasteiger partial charge is 0.262 e. The van der Waals surface area contributed by atoms with Gasteiger partial charge >= 0.3 is 0 Å². The molecule has 0 saturated carbocycles. The summed E-state index contributed by atoms with van der Waals surface area (Å²) in [7, 11) is 0. The predicted octanol–water partition coefficient (Wildman–Crippen LogP) is 5.62. The van der Waals surface area contributed by atoms with Gasteiger partial charge in [0.15, 0.2) is 11.5 Å². The molecule has 0 saturated heterocycles. The maximum atomic E-state index is 12.2. The first kappa shape index (κ1) is 23.0. The summed E-state index contributed by atoms with van der Waals surface area (Å²) in [6.07, 6.45) is 1.53. The Kier molecular flexibility index (Phi) is 8.74. The molecule has 0 radical (unpaired) electrons. The largest absolute Gasteiger partial charge is 0.490 e. The van der Waals surface area contributed by atoms with Crippen LogP contribution in [0.3, 0.4) is 0 Å². The van der Waals surface area contributed by atoms with Gasteiger partial charge < -0.3 is 14.8 Å². The summed E-state index contributed by atoms with van der Waals surface area (Å²) < 4.78 is 13.4. The van der Waals surface area contributed by atoms with E-state index < -0.39 is 5.91 Å². The SMILES string of the molecule is CCOc1cc(/C=C(/C#N)C(=O)NC(C)C)c(Br)cc1OCc1ccc(Br)cc1. The molecule has 0 heterocycles. The maximum Gasteiger partial charge on any atom is 0.262 e. The van der Waals surface area contributed by atoms with Crippen molar-refractivity contribution in [2.75, 3.05) is 6.61 Å². The lowest BCUT2D eigenvalue weighted by Crippen LogP contribution is -2.30. The molecule has 2 rings (SSSR count). The van der Waals surface area contributed by atoms with Crippen molar-refractivity contribution in [3.63, 3.8) is 0 Å². The number of nitriles is 1. The molecule has 0 aliphatic rings. The van der Waals surface area contributed by atoms with Gasteiger partial charge in [0.1, 0.15) is 18.2 Å². The summed E-state index contributed by atoms with van der Waals surface area (Å²) >= 11 is 6.91. The Labute approximate surface area is 188 Å². The number of benzene rings is 2. The van der Waals surface area contributed by atoms with Gasteiger partial charge in [-0.1, -0.05) is 44.0 Å². The number of ether oxygens (including phenoxy) is 2. The van der Waals surface area contributed by atoms with Crippen LogP contribution in [0.25, 0.3) is 6.08 Å². The van der Waals surface area contributed by atoms with E-state index in [2.05, 4.69) is 37.2 Å². The fourth-order valence-corrected chi connectivity index (χ4v) is 3.13. The monoisotopic (exact) mass is 520 g/mol. The highest BCUT2D eigenvalue weighted by Crippen LogP contribution is 2.35. The standard InChI is InChI=1S/C22H22Br2N2O3/c1-4-28-20-10-16(9-17(12-25)22(27)26-14(2)3)19(24)11-21(20)29-13-15-5-7-18(23)8-6-15/h5-11,14H,4,13H2,1-3H3,(H,26,27)/b17-9-. The second-order valence-electron chi connectivity index (χ2n) is 6.47. The van der Waals surface area contributed by atoms with Gasteiger partial charge in [0.25, 0.3) is 5.91 Å². The quantitative estimate of drug-likeness (QED) is 0.361. The molecule has 2 aromatic carbocycles. The van der Waals surface area contributed by atoms with E-state index in [1.807, 2.05) is 51.1 Å². The molecule has 0 bridgehead atoms. The number of rotatable bonds is 8. The van der Waals surface area contributed by atoms with Gasteiger partial charge in [-0.05, 0) is 62.2 Å². The Balaban J connectivity index is 2.30. The number of nitrogens with one attached hydrogen (secondary N) is 1. The van der Waals surface area contributed by atoms with Crippen LogP contribution in [-0.4, -0.2) is 18.6 Å². The molecule has 7 heteroatoms. The molecule has 29 heavy (non-hydrogen) atoms. The van der Waals surface area contributed by atoms with E-state index in [0.717, 1.165) is 10.0 Å². The van der Waals surface area contributed by atoms with Crippen LogP contribution in [0.15, 0.2) is 50.9 Å². The fraction of sp³-hybridized carbons (Fsp3) is 0.273. The van der Waals surface area contributed by atoms with E-state index in [1.165, 1.54) is 6.08 Å². The molecule has 152 valence electrons. The second kappa shape index (κ2) is 11.0. The first-order valence-electron chi connectivity index (χ1n) is 9.10. The third kappa shape index (κ3) is 6.91. The second-order valence-corrected chi connectivity index (χ2v) is 8.24. The average molecular weight is 522 g/mol. The van der Waals surface area contributed by atoms with Gasteiger partial charge in [0, 0.05) is 15.0 Å². The lowest BCUT2D eigenvalue weighted by Gasteiger charge is -2.14.